The van der Waals surface area contributed by atoms with Crippen LogP contribution < -0.4 is 14.8 Å². The molecule has 1 heterocycles. The zero-order chi connectivity index (χ0) is 25.2. The minimum atomic E-state index is -3.43. The Balaban J connectivity index is 1.15. The molecule has 3 aromatic rings. The van der Waals surface area contributed by atoms with Crippen molar-refractivity contribution >= 4 is 27.7 Å². The molecule has 0 unspecified atom stereocenters. The number of ether oxygens (including phenoxy) is 2. The highest BCUT2D eigenvalue weighted by molar-refractivity contribution is 7.99. The predicted molar refractivity (Wildman–Crippen MR) is 141 cm³/mol. The lowest BCUT2D eigenvalue weighted by atomic mass is 10.2. The van der Waals surface area contributed by atoms with E-state index in [1.807, 2.05) is 18.2 Å². The normalized spacial score (nSPS) is 13.9. The third-order valence-corrected chi connectivity index (χ3v) is 8.55. The fraction of sp³-hybridized carbons (Fsp3) is 0.296. The molecule has 0 radical (unpaired) electrons. The first-order chi connectivity index (χ1) is 17.5. The average Bonchev–Trinajstić information content (AvgIpc) is 3.47. The van der Waals surface area contributed by atoms with E-state index in [-0.39, 0.29) is 17.4 Å². The summed E-state index contributed by atoms with van der Waals surface area (Å²) < 4.78 is 38.1. The number of benzene rings is 3. The minimum Gasteiger partial charge on any atom is -0.493 e. The maximum absolute atomic E-state index is 12.6. The number of hydrogen-bond donors (Lipinski definition) is 1. The molecule has 3 aromatic carbocycles. The van der Waals surface area contributed by atoms with Crippen molar-refractivity contribution in [3.05, 3.63) is 84.4 Å². The van der Waals surface area contributed by atoms with Crippen LogP contribution in [-0.2, 0) is 10.0 Å². The monoisotopic (exact) mass is 526 g/mol. The quantitative estimate of drug-likeness (QED) is 0.277. The molecule has 1 saturated heterocycles. The molecule has 1 fully saturated rings. The zero-order valence-electron chi connectivity index (χ0n) is 20.0. The number of carbonyl (C=O) groups is 1. The van der Waals surface area contributed by atoms with Crippen molar-refractivity contribution in [2.75, 3.05) is 38.6 Å². The van der Waals surface area contributed by atoms with Crippen LogP contribution in [0.4, 0.5) is 0 Å². The van der Waals surface area contributed by atoms with Crippen LogP contribution in [0.2, 0.25) is 0 Å². The summed E-state index contributed by atoms with van der Waals surface area (Å²) in [5.74, 6) is 1.91. The topological polar surface area (TPSA) is 84.9 Å². The second-order valence-corrected chi connectivity index (χ2v) is 11.3. The molecule has 1 amide bonds. The first-order valence-electron chi connectivity index (χ1n) is 11.9. The fourth-order valence-electron chi connectivity index (χ4n) is 3.76. The number of nitrogens with zero attached hydrogens (tertiary/aromatic N) is 1. The van der Waals surface area contributed by atoms with Gasteiger partial charge in [0.25, 0.3) is 5.91 Å². The minimum absolute atomic E-state index is 0.197. The van der Waals surface area contributed by atoms with Gasteiger partial charge < -0.3 is 14.8 Å². The van der Waals surface area contributed by atoms with Crippen LogP contribution in [0.1, 0.15) is 23.2 Å². The maximum Gasteiger partial charge on any atom is 0.251 e. The van der Waals surface area contributed by atoms with Crippen LogP contribution in [0.5, 0.6) is 11.5 Å². The largest absolute Gasteiger partial charge is 0.493 e. The van der Waals surface area contributed by atoms with E-state index in [0.717, 1.165) is 24.3 Å². The van der Waals surface area contributed by atoms with Crippen LogP contribution >= 0.6 is 11.8 Å². The summed E-state index contributed by atoms with van der Waals surface area (Å²) in [7, 11) is -3.43. The predicted octanol–water partition coefficient (Wildman–Crippen LogP) is 4.45. The Morgan fingerprint density at radius 1 is 0.833 bits per heavy atom. The highest BCUT2D eigenvalue weighted by atomic mass is 32.2. The highest BCUT2D eigenvalue weighted by Gasteiger charge is 2.26. The number of thioether (sulfide) groups is 1. The first kappa shape index (κ1) is 26.1. The Kier molecular flexibility index (Phi) is 9.27. The summed E-state index contributed by atoms with van der Waals surface area (Å²) in [6.07, 6.45) is 1.80. The number of hydrogen-bond acceptors (Lipinski definition) is 6. The van der Waals surface area contributed by atoms with E-state index < -0.39 is 10.0 Å². The van der Waals surface area contributed by atoms with Crippen LogP contribution in [0.25, 0.3) is 0 Å². The lowest BCUT2D eigenvalue weighted by molar-refractivity contribution is 0.0947. The zero-order valence-corrected chi connectivity index (χ0v) is 21.6. The Bertz CT molecular complexity index is 1210. The molecule has 4 rings (SSSR count). The Morgan fingerprint density at radius 2 is 1.44 bits per heavy atom. The van der Waals surface area contributed by atoms with Crippen molar-refractivity contribution in [3.63, 3.8) is 0 Å². The molecule has 36 heavy (non-hydrogen) atoms. The van der Waals surface area contributed by atoms with Gasteiger partial charge in [-0.15, -0.1) is 11.8 Å². The summed E-state index contributed by atoms with van der Waals surface area (Å²) in [6.45, 7) is 2.31. The van der Waals surface area contributed by atoms with Crippen molar-refractivity contribution in [1.82, 2.24) is 9.62 Å². The molecular weight excluding hydrogens is 496 g/mol. The molecule has 190 valence electrons. The fourth-order valence-corrected chi connectivity index (χ4v) is 6.03. The molecule has 0 spiro atoms. The Hall–Kier alpha value is -3.01. The van der Waals surface area contributed by atoms with Crippen LogP contribution in [0, 0.1) is 0 Å². The molecule has 0 saturated carbocycles. The Morgan fingerprint density at radius 3 is 2.11 bits per heavy atom. The van der Waals surface area contributed by atoms with Gasteiger partial charge in [-0.25, -0.2) is 8.42 Å². The van der Waals surface area contributed by atoms with Gasteiger partial charge in [-0.3, -0.25) is 4.79 Å². The summed E-state index contributed by atoms with van der Waals surface area (Å²) in [6, 6.07) is 23.6. The van der Waals surface area contributed by atoms with Gasteiger partial charge in [-0.2, -0.15) is 4.31 Å². The number of nitrogens with one attached hydrogen (secondary N) is 1. The number of carbonyl (C=O) groups excluding carboxylic acids is 1. The van der Waals surface area contributed by atoms with E-state index in [0.29, 0.717) is 37.6 Å². The summed E-state index contributed by atoms with van der Waals surface area (Å²) in [5, 5.41) is 2.82. The third kappa shape index (κ3) is 7.25. The van der Waals surface area contributed by atoms with E-state index in [4.69, 9.17) is 9.47 Å². The van der Waals surface area contributed by atoms with Crippen molar-refractivity contribution in [2.45, 2.75) is 22.6 Å². The molecule has 0 bridgehead atoms. The van der Waals surface area contributed by atoms with Gasteiger partial charge in [-0.05, 0) is 73.5 Å². The molecule has 9 heteroatoms. The van der Waals surface area contributed by atoms with Crippen LogP contribution in [0.15, 0.2) is 88.7 Å². The third-order valence-electron chi connectivity index (χ3n) is 5.66. The molecule has 7 nitrogen and oxygen atoms in total. The number of amides is 1. The molecule has 1 N–H and O–H groups in total. The standard InChI is InChI=1S/C27H30N2O5S2/c30-27(22-8-10-23(11-9-22)34-20-21-35-25-6-2-1-3-7-25)28-16-19-33-24-12-14-26(15-13-24)36(31,32)29-17-4-5-18-29/h1-3,6-15H,4-5,16-21H2,(H,28,30). The second kappa shape index (κ2) is 12.8. The summed E-state index contributed by atoms with van der Waals surface area (Å²) >= 11 is 1.73. The smallest absolute Gasteiger partial charge is 0.251 e. The second-order valence-electron chi connectivity index (χ2n) is 8.22. The number of rotatable bonds is 12. The van der Waals surface area contributed by atoms with Crippen LogP contribution in [-0.4, -0.2) is 57.2 Å². The van der Waals surface area contributed by atoms with Crippen molar-refractivity contribution in [3.8, 4) is 11.5 Å². The summed E-state index contributed by atoms with van der Waals surface area (Å²) in [4.78, 5) is 13.9. The molecular formula is C27H30N2O5S2. The van der Waals surface area contributed by atoms with Gasteiger partial charge in [-0.1, -0.05) is 18.2 Å². The van der Waals surface area contributed by atoms with E-state index in [2.05, 4.69) is 17.4 Å². The van der Waals surface area contributed by atoms with E-state index in [1.54, 1.807) is 60.3 Å². The van der Waals surface area contributed by atoms with Crippen molar-refractivity contribution < 1.29 is 22.7 Å². The van der Waals surface area contributed by atoms with Crippen LogP contribution in [0.3, 0.4) is 0 Å². The SMILES string of the molecule is O=C(NCCOc1ccc(S(=O)(=O)N2CCCC2)cc1)c1ccc(OCCSc2ccccc2)cc1. The lowest BCUT2D eigenvalue weighted by Crippen LogP contribution is -2.28. The van der Waals surface area contributed by atoms with Gasteiger partial charge in [0.05, 0.1) is 18.0 Å². The number of sulfonamides is 1. The van der Waals surface area contributed by atoms with Gasteiger partial charge in [0.15, 0.2) is 0 Å². The highest BCUT2D eigenvalue weighted by Crippen LogP contribution is 2.23. The van der Waals surface area contributed by atoms with Gasteiger partial charge in [0.1, 0.15) is 18.1 Å². The van der Waals surface area contributed by atoms with E-state index in [9.17, 15) is 13.2 Å². The average molecular weight is 527 g/mol. The van der Waals surface area contributed by atoms with Gasteiger partial charge in [0.2, 0.25) is 10.0 Å². The molecule has 0 aliphatic carbocycles. The molecule has 1 aliphatic heterocycles. The van der Waals surface area contributed by atoms with Crippen molar-refractivity contribution in [2.24, 2.45) is 0 Å². The molecule has 0 atom stereocenters. The van der Waals surface area contributed by atoms with Gasteiger partial charge in [0, 0.05) is 29.3 Å². The molecule has 0 aromatic heterocycles. The molecule has 1 aliphatic rings. The Labute approximate surface area is 216 Å². The lowest BCUT2D eigenvalue weighted by Gasteiger charge is -2.15. The van der Waals surface area contributed by atoms with E-state index >= 15 is 0 Å². The van der Waals surface area contributed by atoms with E-state index in [1.165, 1.54) is 9.20 Å². The van der Waals surface area contributed by atoms with Crippen molar-refractivity contribution in [1.29, 1.82) is 0 Å². The summed E-state index contributed by atoms with van der Waals surface area (Å²) in [5.41, 5.74) is 0.539. The van der Waals surface area contributed by atoms with Gasteiger partial charge >= 0.3 is 0 Å². The first-order valence-corrected chi connectivity index (χ1v) is 14.4. The maximum atomic E-state index is 12.6.